The summed E-state index contributed by atoms with van der Waals surface area (Å²) in [6.45, 7) is 3.20. The molecule has 0 spiro atoms. The van der Waals surface area contributed by atoms with E-state index in [-0.39, 0.29) is 11.6 Å². The summed E-state index contributed by atoms with van der Waals surface area (Å²) in [5, 5.41) is 0. The first-order chi connectivity index (χ1) is 10.6. The summed E-state index contributed by atoms with van der Waals surface area (Å²) >= 11 is 0. The lowest BCUT2D eigenvalue weighted by Crippen LogP contribution is -2.39. The van der Waals surface area contributed by atoms with Gasteiger partial charge in [0.1, 0.15) is 0 Å². The van der Waals surface area contributed by atoms with Gasteiger partial charge in [-0.1, -0.05) is 24.3 Å². The number of carbonyl (C=O) groups is 2. The molecular weight excluding hydrogens is 280 g/mol. The van der Waals surface area contributed by atoms with E-state index in [2.05, 4.69) is 0 Å². The highest BCUT2D eigenvalue weighted by Gasteiger charge is 2.41. The zero-order chi connectivity index (χ0) is 15.9. The fourth-order valence-electron chi connectivity index (χ4n) is 3.06. The van der Waals surface area contributed by atoms with Crippen molar-refractivity contribution in [3.05, 3.63) is 52.6 Å². The number of ether oxygens (including phenoxy) is 1. The Morgan fingerprint density at radius 3 is 2.41 bits per heavy atom. The average molecular weight is 299 g/mol. The standard InChI is InChI=1S/C17H19N2O3/c1-11-18(2)14-15(19(11)9-6-10-22-3)17(21)13-8-5-4-7-12(13)16(14)20/h4-5,7-8H,6,9-10H2,1-3H3/q+1. The van der Waals surface area contributed by atoms with Crippen molar-refractivity contribution in [2.75, 3.05) is 13.7 Å². The molecule has 1 aliphatic carbocycles. The van der Waals surface area contributed by atoms with E-state index in [0.29, 0.717) is 35.7 Å². The Morgan fingerprint density at radius 1 is 1.14 bits per heavy atom. The number of hydrogen-bond acceptors (Lipinski definition) is 3. The van der Waals surface area contributed by atoms with Gasteiger partial charge in [-0.2, -0.15) is 0 Å². The van der Waals surface area contributed by atoms with Crippen LogP contribution in [0.3, 0.4) is 0 Å². The van der Waals surface area contributed by atoms with Crippen LogP contribution in [0.4, 0.5) is 0 Å². The fourth-order valence-corrected chi connectivity index (χ4v) is 3.06. The SMILES string of the molecule is COCCCn1c2c([n+](C)c1C)C(=O)c1ccccc1C2=O. The molecule has 2 aromatic rings. The van der Waals surface area contributed by atoms with Gasteiger partial charge in [-0.25, -0.2) is 9.13 Å². The Hall–Kier alpha value is -2.27. The van der Waals surface area contributed by atoms with Crippen molar-refractivity contribution >= 4 is 11.6 Å². The first-order valence-corrected chi connectivity index (χ1v) is 7.34. The third-order valence-corrected chi connectivity index (χ3v) is 4.28. The molecule has 0 fully saturated rings. The number of hydrogen-bond donors (Lipinski definition) is 0. The second-order valence-electron chi connectivity index (χ2n) is 5.51. The Bertz CT molecular complexity index is 774. The molecule has 0 saturated heterocycles. The summed E-state index contributed by atoms with van der Waals surface area (Å²) in [5.41, 5.74) is 1.97. The Morgan fingerprint density at radius 2 is 1.77 bits per heavy atom. The van der Waals surface area contributed by atoms with Crippen LogP contribution in [-0.2, 0) is 18.3 Å². The molecule has 114 valence electrons. The number of fused-ring (bicyclic) bond motifs is 2. The minimum Gasteiger partial charge on any atom is -0.385 e. The van der Waals surface area contributed by atoms with Crippen LogP contribution < -0.4 is 4.57 Å². The van der Waals surface area contributed by atoms with Crippen LogP contribution in [0.25, 0.3) is 0 Å². The van der Waals surface area contributed by atoms with Gasteiger partial charge in [0.25, 0.3) is 5.82 Å². The molecule has 0 aliphatic heterocycles. The van der Waals surface area contributed by atoms with Crippen LogP contribution in [0.2, 0.25) is 0 Å². The number of nitrogens with zero attached hydrogens (tertiary/aromatic N) is 2. The summed E-state index contributed by atoms with van der Waals surface area (Å²) in [4.78, 5) is 25.6. The predicted molar refractivity (Wildman–Crippen MR) is 80.1 cm³/mol. The lowest BCUT2D eigenvalue weighted by atomic mass is 9.90. The Balaban J connectivity index is 2.16. The summed E-state index contributed by atoms with van der Waals surface area (Å²) in [6, 6.07) is 7.02. The number of methoxy groups -OCH3 is 1. The number of carbonyl (C=O) groups excluding carboxylic acids is 2. The van der Waals surface area contributed by atoms with Crippen LogP contribution in [0.5, 0.6) is 0 Å². The normalized spacial score (nSPS) is 13.2. The van der Waals surface area contributed by atoms with Gasteiger partial charge in [-0.05, 0) is 0 Å². The molecule has 1 aliphatic rings. The highest BCUT2D eigenvalue weighted by Crippen LogP contribution is 2.26. The van der Waals surface area contributed by atoms with Gasteiger partial charge in [-0.3, -0.25) is 9.59 Å². The molecule has 0 amide bonds. The van der Waals surface area contributed by atoms with Gasteiger partial charge in [0.15, 0.2) is 0 Å². The third-order valence-electron chi connectivity index (χ3n) is 4.28. The summed E-state index contributed by atoms with van der Waals surface area (Å²) in [7, 11) is 3.49. The number of ketones is 2. The molecule has 1 aromatic heterocycles. The van der Waals surface area contributed by atoms with E-state index in [4.69, 9.17) is 4.74 Å². The molecule has 0 unspecified atom stereocenters. The zero-order valence-electron chi connectivity index (χ0n) is 13.0. The Kier molecular flexibility index (Phi) is 3.66. The van der Waals surface area contributed by atoms with Crippen molar-refractivity contribution in [2.24, 2.45) is 7.05 Å². The zero-order valence-corrected chi connectivity index (χ0v) is 13.0. The first-order valence-electron chi connectivity index (χ1n) is 7.34. The number of aromatic nitrogens is 2. The summed E-state index contributed by atoms with van der Waals surface area (Å²) < 4.78 is 8.84. The maximum absolute atomic E-state index is 12.9. The highest BCUT2D eigenvalue weighted by molar-refractivity contribution is 6.26. The molecule has 0 saturated carbocycles. The minimum absolute atomic E-state index is 0.0775. The van der Waals surface area contributed by atoms with Crippen LogP contribution in [-0.4, -0.2) is 29.9 Å². The number of imidazole rings is 1. The van der Waals surface area contributed by atoms with Crippen molar-refractivity contribution in [1.29, 1.82) is 0 Å². The maximum Gasteiger partial charge on any atom is 0.254 e. The topological polar surface area (TPSA) is 52.2 Å². The van der Waals surface area contributed by atoms with Crippen molar-refractivity contribution < 1.29 is 18.9 Å². The Labute approximate surface area is 129 Å². The average Bonchev–Trinajstić information content (AvgIpc) is 2.78. The van der Waals surface area contributed by atoms with Crippen LogP contribution in [0.15, 0.2) is 24.3 Å². The van der Waals surface area contributed by atoms with Crippen LogP contribution in [0, 0.1) is 6.92 Å². The van der Waals surface area contributed by atoms with Crippen LogP contribution in [0.1, 0.15) is 44.3 Å². The van der Waals surface area contributed by atoms with Gasteiger partial charge in [0, 0.05) is 38.2 Å². The van der Waals surface area contributed by atoms with Gasteiger partial charge < -0.3 is 4.74 Å². The van der Waals surface area contributed by atoms with E-state index in [1.807, 2.05) is 23.1 Å². The molecule has 5 nitrogen and oxygen atoms in total. The third kappa shape index (κ3) is 2.01. The lowest BCUT2D eigenvalue weighted by molar-refractivity contribution is -0.679. The maximum atomic E-state index is 12.9. The fraction of sp³-hybridized carbons (Fsp3) is 0.353. The molecule has 1 heterocycles. The quantitative estimate of drug-likeness (QED) is 0.541. The predicted octanol–water partition coefficient (Wildman–Crippen LogP) is 1.43. The summed E-state index contributed by atoms with van der Waals surface area (Å²) in [5.74, 6) is 0.739. The van der Waals surface area contributed by atoms with Gasteiger partial charge in [-0.15, -0.1) is 0 Å². The van der Waals surface area contributed by atoms with E-state index < -0.39 is 0 Å². The molecule has 0 N–H and O–H groups in total. The van der Waals surface area contributed by atoms with Gasteiger partial charge in [0.2, 0.25) is 23.0 Å². The van der Waals surface area contributed by atoms with E-state index >= 15 is 0 Å². The molecule has 0 bridgehead atoms. The number of rotatable bonds is 4. The van der Waals surface area contributed by atoms with E-state index in [9.17, 15) is 9.59 Å². The summed E-state index contributed by atoms with van der Waals surface area (Å²) in [6.07, 6.45) is 0.793. The second kappa shape index (κ2) is 5.50. The first kappa shape index (κ1) is 14.7. The van der Waals surface area contributed by atoms with Crippen LogP contribution >= 0.6 is 0 Å². The molecule has 1 aromatic carbocycles. The van der Waals surface area contributed by atoms with Crippen molar-refractivity contribution in [3.63, 3.8) is 0 Å². The molecule has 3 rings (SSSR count). The highest BCUT2D eigenvalue weighted by atomic mass is 16.5. The van der Waals surface area contributed by atoms with E-state index in [1.165, 1.54) is 0 Å². The van der Waals surface area contributed by atoms with Crippen molar-refractivity contribution in [1.82, 2.24) is 4.57 Å². The molecular formula is C17H19N2O3+. The minimum atomic E-state index is -0.0821. The van der Waals surface area contributed by atoms with Crippen molar-refractivity contribution in [2.45, 2.75) is 19.9 Å². The molecule has 5 heteroatoms. The molecule has 0 radical (unpaired) electrons. The van der Waals surface area contributed by atoms with Crippen molar-refractivity contribution in [3.8, 4) is 0 Å². The van der Waals surface area contributed by atoms with Gasteiger partial charge >= 0.3 is 0 Å². The number of benzene rings is 1. The smallest absolute Gasteiger partial charge is 0.254 e. The lowest BCUT2D eigenvalue weighted by Gasteiger charge is -2.12. The second-order valence-corrected chi connectivity index (χ2v) is 5.51. The molecule has 0 atom stereocenters. The van der Waals surface area contributed by atoms with Gasteiger partial charge in [0.05, 0.1) is 13.6 Å². The molecule has 22 heavy (non-hydrogen) atoms. The monoisotopic (exact) mass is 299 g/mol. The van der Waals surface area contributed by atoms with E-state index in [1.54, 1.807) is 31.4 Å². The van der Waals surface area contributed by atoms with E-state index in [0.717, 1.165) is 12.2 Å². The largest absolute Gasteiger partial charge is 0.385 e.